The third-order valence-corrected chi connectivity index (χ3v) is 2.56. The molecule has 1 aliphatic rings. The second-order valence-electron chi connectivity index (χ2n) is 3.79. The van der Waals surface area contributed by atoms with Gasteiger partial charge in [0.25, 0.3) is 0 Å². The molecule has 0 saturated carbocycles. The normalized spacial score (nSPS) is 19.5. The minimum Gasteiger partial charge on any atom is -0.465 e. The zero-order valence-corrected chi connectivity index (χ0v) is 9.29. The van der Waals surface area contributed by atoms with Crippen molar-refractivity contribution in [2.75, 3.05) is 18.6 Å². The molecular formula is C11H12N2O4. The number of aliphatic hydroxyl groups is 1. The van der Waals surface area contributed by atoms with Crippen LogP contribution in [0.3, 0.4) is 0 Å². The molecule has 1 N–H and O–H groups in total. The summed E-state index contributed by atoms with van der Waals surface area (Å²) in [5.41, 5.74) is 0.772. The lowest BCUT2D eigenvalue weighted by molar-refractivity contribution is -0.117. The summed E-state index contributed by atoms with van der Waals surface area (Å²) in [6.07, 6.45) is 2.28. The van der Waals surface area contributed by atoms with Gasteiger partial charge in [-0.05, 0) is 6.07 Å². The molecule has 1 fully saturated rings. The number of methoxy groups -OCH3 is 1. The summed E-state index contributed by atoms with van der Waals surface area (Å²) in [4.78, 5) is 28.2. The summed E-state index contributed by atoms with van der Waals surface area (Å²) in [6.45, 7) is 0.227. The van der Waals surface area contributed by atoms with Gasteiger partial charge < -0.3 is 14.7 Å². The molecule has 1 aliphatic heterocycles. The number of carbonyl (C=O) groups excluding carboxylic acids is 2. The number of carbonyl (C=O) groups is 2. The second-order valence-corrected chi connectivity index (χ2v) is 3.79. The molecule has 2 heterocycles. The Kier molecular flexibility index (Phi) is 3.06. The quantitative estimate of drug-likeness (QED) is 0.729. The van der Waals surface area contributed by atoms with E-state index in [1.165, 1.54) is 30.5 Å². The van der Waals surface area contributed by atoms with E-state index in [2.05, 4.69) is 9.72 Å². The van der Waals surface area contributed by atoms with Crippen LogP contribution in [-0.4, -0.2) is 41.7 Å². The van der Waals surface area contributed by atoms with Crippen LogP contribution in [0.5, 0.6) is 0 Å². The zero-order chi connectivity index (χ0) is 12.4. The van der Waals surface area contributed by atoms with Crippen LogP contribution in [0.4, 0.5) is 5.69 Å². The number of pyridine rings is 1. The van der Waals surface area contributed by atoms with Gasteiger partial charge in [-0.25, -0.2) is 4.79 Å². The van der Waals surface area contributed by atoms with Gasteiger partial charge in [0.1, 0.15) is 0 Å². The Labute approximate surface area is 97.8 Å². The van der Waals surface area contributed by atoms with Crippen LogP contribution < -0.4 is 4.90 Å². The van der Waals surface area contributed by atoms with E-state index in [1.807, 2.05) is 0 Å². The van der Waals surface area contributed by atoms with Crippen molar-refractivity contribution >= 4 is 17.6 Å². The molecule has 90 valence electrons. The van der Waals surface area contributed by atoms with Crippen LogP contribution in [0.15, 0.2) is 18.5 Å². The molecule has 1 unspecified atom stereocenters. The number of nitrogens with zero attached hydrogens (tertiary/aromatic N) is 2. The Morgan fingerprint density at radius 3 is 2.94 bits per heavy atom. The van der Waals surface area contributed by atoms with Gasteiger partial charge in [-0.1, -0.05) is 0 Å². The highest BCUT2D eigenvalue weighted by atomic mass is 16.5. The molecule has 17 heavy (non-hydrogen) atoms. The first-order valence-electron chi connectivity index (χ1n) is 5.13. The van der Waals surface area contributed by atoms with E-state index in [0.717, 1.165) is 0 Å². The monoisotopic (exact) mass is 236 g/mol. The molecule has 1 atom stereocenters. The first kappa shape index (κ1) is 11.5. The SMILES string of the molecule is COC(=O)c1cncc(N2CC(O)CC2=O)c1. The number of esters is 1. The first-order valence-corrected chi connectivity index (χ1v) is 5.13. The van der Waals surface area contributed by atoms with Crippen molar-refractivity contribution in [3.8, 4) is 0 Å². The van der Waals surface area contributed by atoms with Crippen molar-refractivity contribution in [3.05, 3.63) is 24.0 Å². The van der Waals surface area contributed by atoms with Crippen LogP contribution in [0.25, 0.3) is 0 Å². The summed E-state index contributed by atoms with van der Waals surface area (Å²) in [7, 11) is 1.28. The van der Waals surface area contributed by atoms with E-state index < -0.39 is 12.1 Å². The highest BCUT2D eigenvalue weighted by Gasteiger charge is 2.29. The molecule has 2 rings (SSSR count). The lowest BCUT2D eigenvalue weighted by atomic mass is 10.2. The lowest BCUT2D eigenvalue weighted by Crippen LogP contribution is -2.25. The van der Waals surface area contributed by atoms with E-state index in [4.69, 9.17) is 0 Å². The van der Waals surface area contributed by atoms with Crippen molar-refractivity contribution in [2.24, 2.45) is 0 Å². The summed E-state index contributed by atoms with van der Waals surface area (Å²) < 4.78 is 4.57. The van der Waals surface area contributed by atoms with Crippen LogP contribution in [-0.2, 0) is 9.53 Å². The molecule has 0 radical (unpaired) electrons. The fraction of sp³-hybridized carbons (Fsp3) is 0.364. The molecule has 6 nitrogen and oxygen atoms in total. The lowest BCUT2D eigenvalue weighted by Gasteiger charge is -2.15. The average molecular weight is 236 g/mol. The molecule has 6 heteroatoms. The number of β-amino-alcohol motifs (C(OH)–C–C–N with tert-alkyl or cyclic N) is 1. The van der Waals surface area contributed by atoms with Crippen LogP contribution in [0.1, 0.15) is 16.8 Å². The summed E-state index contributed by atoms with van der Waals surface area (Å²) >= 11 is 0. The molecule has 0 spiro atoms. The minimum absolute atomic E-state index is 0.0997. The molecule has 0 aliphatic carbocycles. The standard InChI is InChI=1S/C11H12N2O4/c1-17-11(16)7-2-8(5-12-4-7)13-6-9(14)3-10(13)15/h2,4-5,9,14H,3,6H2,1H3. The number of anilines is 1. The number of rotatable bonds is 2. The third kappa shape index (κ3) is 2.26. The smallest absolute Gasteiger partial charge is 0.339 e. The maximum Gasteiger partial charge on any atom is 0.339 e. The Bertz CT molecular complexity index is 461. The van der Waals surface area contributed by atoms with E-state index in [-0.39, 0.29) is 24.4 Å². The predicted octanol–water partition coefficient (Wildman–Crippen LogP) is -0.0342. The average Bonchev–Trinajstić information content (AvgIpc) is 2.67. The summed E-state index contributed by atoms with van der Waals surface area (Å²) in [5, 5.41) is 9.38. The number of ether oxygens (including phenoxy) is 1. The number of amides is 1. The van der Waals surface area contributed by atoms with Gasteiger partial charge in [0.15, 0.2) is 0 Å². The zero-order valence-electron chi connectivity index (χ0n) is 9.29. The summed E-state index contributed by atoms with van der Waals surface area (Å²) in [6, 6.07) is 1.52. The van der Waals surface area contributed by atoms with Crippen molar-refractivity contribution in [1.29, 1.82) is 0 Å². The fourth-order valence-electron chi connectivity index (χ4n) is 1.74. The van der Waals surface area contributed by atoms with E-state index in [0.29, 0.717) is 5.69 Å². The molecule has 1 aromatic rings. The highest BCUT2D eigenvalue weighted by molar-refractivity contribution is 5.97. The van der Waals surface area contributed by atoms with Crippen LogP contribution >= 0.6 is 0 Å². The topological polar surface area (TPSA) is 79.7 Å². The van der Waals surface area contributed by atoms with Gasteiger partial charge in [-0.2, -0.15) is 0 Å². The van der Waals surface area contributed by atoms with Gasteiger partial charge in [-0.15, -0.1) is 0 Å². The molecule has 1 saturated heterocycles. The van der Waals surface area contributed by atoms with Crippen molar-refractivity contribution in [1.82, 2.24) is 4.98 Å². The van der Waals surface area contributed by atoms with E-state index in [1.54, 1.807) is 0 Å². The third-order valence-electron chi connectivity index (χ3n) is 2.56. The number of hydrogen-bond acceptors (Lipinski definition) is 5. The first-order chi connectivity index (χ1) is 8.11. The predicted molar refractivity (Wildman–Crippen MR) is 58.6 cm³/mol. The van der Waals surface area contributed by atoms with Gasteiger partial charge in [-0.3, -0.25) is 9.78 Å². The van der Waals surface area contributed by atoms with Crippen molar-refractivity contribution in [2.45, 2.75) is 12.5 Å². The number of aliphatic hydroxyl groups excluding tert-OH is 1. The molecular weight excluding hydrogens is 224 g/mol. The van der Waals surface area contributed by atoms with E-state index in [9.17, 15) is 14.7 Å². The maximum atomic E-state index is 11.6. The maximum absolute atomic E-state index is 11.6. The number of aromatic nitrogens is 1. The van der Waals surface area contributed by atoms with Gasteiger partial charge in [0.2, 0.25) is 5.91 Å². The van der Waals surface area contributed by atoms with E-state index >= 15 is 0 Å². The van der Waals surface area contributed by atoms with Gasteiger partial charge in [0, 0.05) is 6.20 Å². The Balaban J connectivity index is 2.27. The van der Waals surface area contributed by atoms with Crippen LogP contribution in [0, 0.1) is 0 Å². The number of hydrogen-bond donors (Lipinski definition) is 1. The Hall–Kier alpha value is -1.95. The molecule has 1 aromatic heterocycles. The molecule has 0 aromatic carbocycles. The van der Waals surface area contributed by atoms with Gasteiger partial charge >= 0.3 is 5.97 Å². The molecule has 0 bridgehead atoms. The van der Waals surface area contributed by atoms with Gasteiger partial charge in [0.05, 0.1) is 43.6 Å². The highest BCUT2D eigenvalue weighted by Crippen LogP contribution is 2.21. The Morgan fingerprint density at radius 1 is 1.59 bits per heavy atom. The Morgan fingerprint density at radius 2 is 2.35 bits per heavy atom. The minimum atomic E-state index is -0.663. The fourth-order valence-corrected chi connectivity index (χ4v) is 1.74. The van der Waals surface area contributed by atoms with Crippen molar-refractivity contribution in [3.63, 3.8) is 0 Å². The largest absolute Gasteiger partial charge is 0.465 e. The van der Waals surface area contributed by atoms with Crippen molar-refractivity contribution < 1.29 is 19.4 Å². The summed E-state index contributed by atoms with van der Waals surface area (Å²) in [5.74, 6) is -0.687. The second kappa shape index (κ2) is 4.50. The van der Waals surface area contributed by atoms with Crippen LogP contribution in [0.2, 0.25) is 0 Å². The molecule has 1 amide bonds.